The summed E-state index contributed by atoms with van der Waals surface area (Å²) >= 11 is 2.95. The number of anilines is 2. The van der Waals surface area contributed by atoms with Crippen molar-refractivity contribution in [2.24, 2.45) is 5.10 Å². The molecule has 2 aromatic heterocycles. The number of para-hydroxylation sites is 1. The number of hydrazone groups is 1. The summed E-state index contributed by atoms with van der Waals surface area (Å²) in [6, 6.07) is 14.0. The number of carbonyl (C=O) groups is 1. The highest BCUT2D eigenvalue weighted by molar-refractivity contribution is 7.22. The molecular formula is C21H17N5O2S2. The van der Waals surface area contributed by atoms with E-state index in [0.717, 1.165) is 50.8 Å². The summed E-state index contributed by atoms with van der Waals surface area (Å²) in [7, 11) is 0. The minimum absolute atomic E-state index is 0.109. The van der Waals surface area contributed by atoms with Crippen LogP contribution in [0, 0.1) is 6.92 Å². The smallest absolute Gasteiger partial charge is 0.355 e. The van der Waals surface area contributed by atoms with Gasteiger partial charge in [-0.25, -0.2) is 14.8 Å². The summed E-state index contributed by atoms with van der Waals surface area (Å²) in [4.78, 5) is 20.9. The first-order chi connectivity index (χ1) is 14.6. The Kier molecular flexibility index (Phi) is 4.68. The number of hydrogen-bond acceptors (Lipinski definition) is 8. The van der Waals surface area contributed by atoms with Gasteiger partial charge in [-0.3, -0.25) is 5.43 Å². The van der Waals surface area contributed by atoms with E-state index in [2.05, 4.69) is 25.8 Å². The van der Waals surface area contributed by atoms with Gasteiger partial charge in [-0.05, 0) is 37.3 Å². The Bertz CT molecular complexity index is 1270. The number of aromatic carboxylic acids is 1. The Morgan fingerprint density at radius 2 is 2.07 bits per heavy atom. The van der Waals surface area contributed by atoms with Crippen LogP contribution in [-0.4, -0.2) is 33.3 Å². The van der Waals surface area contributed by atoms with Crippen LogP contribution in [-0.2, 0) is 0 Å². The van der Waals surface area contributed by atoms with Gasteiger partial charge in [-0.15, -0.1) is 11.3 Å². The topological polar surface area (TPSA) is 99.5 Å². The van der Waals surface area contributed by atoms with E-state index in [1.165, 1.54) is 11.3 Å². The van der Waals surface area contributed by atoms with E-state index in [-0.39, 0.29) is 5.69 Å². The largest absolute Gasteiger partial charge is 0.476 e. The maximum absolute atomic E-state index is 11.3. The van der Waals surface area contributed by atoms with Gasteiger partial charge in [0.2, 0.25) is 5.13 Å². The lowest BCUT2D eigenvalue weighted by Gasteiger charge is -2.20. The van der Waals surface area contributed by atoms with Crippen molar-refractivity contribution in [1.82, 2.24) is 9.97 Å². The zero-order valence-corrected chi connectivity index (χ0v) is 17.6. The normalized spacial score (nSPS) is 14.5. The average molecular weight is 436 g/mol. The van der Waals surface area contributed by atoms with Gasteiger partial charge in [0, 0.05) is 34.7 Å². The Morgan fingerprint density at radius 1 is 1.20 bits per heavy atom. The molecule has 2 aromatic carbocycles. The number of nitrogens with zero attached hydrogens (tertiary/aromatic N) is 3. The first-order valence-electron chi connectivity index (χ1n) is 9.36. The number of carboxylic acids is 1. The van der Waals surface area contributed by atoms with Crippen LogP contribution < -0.4 is 10.7 Å². The highest BCUT2D eigenvalue weighted by Crippen LogP contribution is 2.33. The van der Waals surface area contributed by atoms with Crippen molar-refractivity contribution in [3.8, 4) is 10.6 Å². The van der Waals surface area contributed by atoms with E-state index in [4.69, 9.17) is 0 Å². The molecule has 150 valence electrons. The lowest BCUT2D eigenvalue weighted by atomic mass is 9.99. The van der Waals surface area contributed by atoms with E-state index < -0.39 is 5.97 Å². The molecule has 3 heterocycles. The number of aryl methyl sites for hydroxylation is 1. The van der Waals surface area contributed by atoms with Crippen LogP contribution >= 0.6 is 22.7 Å². The molecule has 0 saturated heterocycles. The molecule has 7 nitrogen and oxygen atoms in total. The summed E-state index contributed by atoms with van der Waals surface area (Å²) in [5.74, 6) is -1.00. The second kappa shape index (κ2) is 7.51. The number of carboxylic acid groups (broad SMARTS) is 1. The molecule has 4 aromatic rings. The standard InChI is InChI=1S/C21H17N5O2S2/c1-11-18(20(27)28)24-19(29-11)12-6-7-14-13(10-12)15(8-9-22-14)25-26-21-23-16-4-2-3-5-17(16)30-21/h2-7,10,22H,8-9H2,1H3,(H,23,26)(H,27,28)/b25-15+. The van der Waals surface area contributed by atoms with E-state index >= 15 is 0 Å². The zero-order chi connectivity index (χ0) is 20.7. The molecule has 9 heteroatoms. The number of rotatable bonds is 4. The first kappa shape index (κ1) is 18.7. The van der Waals surface area contributed by atoms with Gasteiger partial charge < -0.3 is 10.4 Å². The number of fused-ring (bicyclic) bond motifs is 2. The second-order valence-electron chi connectivity index (χ2n) is 6.82. The Labute approximate surface area is 180 Å². The molecule has 30 heavy (non-hydrogen) atoms. The average Bonchev–Trinajstić information content (AvgIpc) is 3.35. The number of benzene rings is 2. The Hall–Kier alpha value is -3.30. The molecule has 0 aliphatic carbocycles. The molecule has 0 saturated carbocycles. The van der Waals surface area contributed by atoms with Gasteiger partial charge in [-0.2, -0.15) is 5.10 Å². The summed E-state index contributed by atoms with van der Waals surface area (Å²) in [6.07, 6.45) is 0.769. The summed E-state index contributed by atoms with van der Waals surface area (Å²) in [5.41, 5.74) is 7.96. The van der Waals surface area contributed by atoms with E-state index in [9.17, 15) is 9.90 Å². The lowest BCUT2D eigenvalue weighted by Crippen LogP contribution is -2.19. The fourth-order valence-corrected chi connectivity index (χ4v) is 5.10. The van der Waals surface area contributed by atoms with Gasteiger partial charge in [-0.1, -0.05) is 23.5 Å². The SMILES string of the molecule is Cc1sc(-c2ccc3c(c2)/C(=N/Nc2nc4ccccc4s2)CCN3)nc1C(=O)O. The highest BCUT2D eigenvalue weighted by Gasteiger charge is 2.19. The van der Waals surface area contributed by atoms with E-state index in [0.29, 0.717) is 9.88 Å². The van der Waals surface area contributed by atoms with Crippen molar-refractivity contribution >= 4 is 55.4 Å². The molecular weight excluding hydrogens is 418 g/mol. The maximum atomic E-state index is 11.3. The van der Waals surface area contributed by atoms with Crippen molar-refractivity contribution in [3.63, 3.8) is 0 Å². The second-order valence-corrected chi connectivity index (χ2v) is 9.06. The van der Waals surface area contributed by atoms with Crippen LogP contribution in [0.25, 0.3) is 20.8 Å². The van der Waals surface area contributed by atoms with Crippen LogP contribution in [0.15, 0.2) is 47.6 Å². The van der Waals surface area contributed by atoms with Crippen LogP contribution in [0.2, 0.25) is 0 Å². The minimum atomic E-state index is -1.00. The van der Waals surface area contributed by atoms with Gasteiger partial charge in [0.25, 0.3) is 0 Å². The van der Waals surface area contributed by atoms with E-state index in [1.54, 1.807) is 18.3 Å². The number of aromatic nitrogens is 2. The van der Waals surface area contributed by atoms with Gasteiger partial charge in [0.05, 0.1) is 15.9 Å². The molecule has 0 atom stereocenters. The molecule has 1 aliphatic heterocycles. The van der Waals surface area contributed by atoms with Crippen LogP contribution in [0.3, 0.4) is 0 Å². The molecule has 0 radical (unpaired) electrons. The van der Waals surface area contributed by atoms with Crippen molar-refractivity contribution in [1.29, 1.82) is 0 Å². The number of thiazole rings is 2. The molecule has 0 unspecified atom stereocenters. The van der Waals surface area contributed by atoms with Crippen LogP contribution in [0.5, 0.6) is 0 Å². The molecule has 0 fully saturated rings. The minimum Gasteiger partial charge on any atom is -0.476 e. The molecule has 0 bridgehead atoms. The first-order valence-corrected chi connectivity index (χ1v) is 11.0. The zero-order valence-electron chi connectivity index (χ0n) is 16.0. The van der Waals surface area contributed by atoms with Gasteiger partial charge in [0.15, 0.2) is 5.69 Å². The predicted molar refractivity (Wildman–Crippen MR) is 122 cm³/mol. The summed E-state index contributed by atoms with van der Waals surface area (Å²) < 4.78 is 1.11. The number of nitrogens with one attached hydrogen (secondary N) is 2. The van der Waals surface area contributed by atoms with E-state index in [1.807, 2.05) is 42.5 Å². The third kappa shape index (κ3) is 3.42. The van der Waals surface area contributed by atoms with Crippen molar-refractivity contribution < 1.29 is 9.90 Å². The molecule has 3 N–H and O–H groups in total. The van der Waals surface area contributed by atoms with Crippen molar-refractivity contribution in [3.05, 3.63) is 58.6 Å². The fourth-order valence-electron chi connectivity index (χ4n) is 3.39. The van der Waals surface area contributed by atoms with Gasteiger partial charge in [0.1, 0.15) is 5.01 Å². The summed E-state index contributed by atoms with van der Waals surface area (Å²) in [6.45, 7) is 2.58. The van der Waals surface area contributed by atoms with Gasteiger partial charge >= 0.3 is 5.97 Å². The lowest BCUT2D eigenvalue weighted by molar-refractivity contribution is 0.0690. The Morgan fingerprint density at radius 3 is 2.87 bits per heavy atom. The highest BCUT2D eigenvalue weighted by atomic mass is 32.1. The third-order valence-corrected chi connectivity index (χ3v) is 6.80. The third-order valence-electron chi connectivity index (χ3n) is 4.83. The quantitative estimate of drug-likeness (QED) is 0.388. The van der Waals surface area contributed by atoms with Crippen LogP contribution in [0.4, 0.5) is 10.8 Å². The molecule has 1 aliphatic rings. The molecule has 0 amide bonds. The molecule has 5 rings (SSSR count). The summed E-state index contributed by atoms with van der Waals surface area (Å²) in [5, 5.41) is 18.8. The van der Waals surface area contributed by atoms with Crippen LogP contribution in [0.1, 0.15) is 27.3 Å². The number of hydrogen-bond donors (Lipinski definition) is 3. The fraction of sp³-hybridized carbons (Fsp3) is 0.143. The Balaban J connectivity index is 1.48. The molecule has 0 spiro atoms. The predicted octanol–water partition coefficient (Wildman–Crippen LogP) is 5.06. The van der Waals surface area contributed by atoms with Crippen molar-refractivity contribution in [2.75, 3.05) is 17.3 Å². The van der Waals surface area contributed by atoms with Crippen molar-refractivity contribution in [2.45, 2.75) is 13.3 Å². The monoisotopic (exact) mass is 435 g/mol. The maximum Gasteiger partial charge on any atom is 0.355 e.